The molecule has 1 atom stereocenters. The van der Waals surface area contributed by atoms with Gasteiger partial charge in [-0.25, -0.2) is 4.79 Å². The first-order valence-electron chi connectivity index (χ1n) is 4.22. The monoisotopic (exact) mass is 218 g/mol. The van der Waals surface area contributed by atoms with E-state index in [2.05, 4.69) is 0 Å². The Kier molecular flexibility index (Phi) is 3.02. The average Bonchev–Trinajstić information content (AvgIpc) is 2.15. The van der Waals surface area contributed by atoms with E-state index in [0.29, 0.717) is 0 Å². The van der Waals surface area contributed by atoms with Gasteiger partial charge in [0.25, 0.3) is 0 Å². The number of halogens is 3. The molecule has 2 nitrogen and oxygen atoms in total. The Bertz CT molecular complexity index is 354. The van der Waals surface area contributed by atoms with E-state index in [9.17, 15) is 18.0 Å². The van der Waals surface area contributed by atoms with Gasteiger partial charge in [-0.15, -0.1) is 0 Å². The summed E-state index contributed by atoms with van der Waals surface area (Å²) in [7, 11) is 0. The third kappa shape index (κ3) is 2.71. The molecule has 15 heavy (non-hydrogen) atoms. The lowest BCUT2D eigenvalue weighted by molar-refractivity contribution is -0.146. The summed E-state index contributed by atoms with van der Waals surface area (Å²) in [5, 5.41) is 8.55. The maximum Gasteiger partial charge on any atom is 0.395 e. The minimum absolute atomic E-state index is 0.0203. The number of carbonyl (C=O) groups is 1. The predicted molar refractivity (Wildman–Crippen MR) is 47.9 cm³/mol. The van der Waals surface area contributed by atoms with E-state index in [4.69, 9.17) is 5.11 Å². The molecule has 0 saturated carbocycles. The second kappa shape index (κ2) is 3.92. The van der Waals surface area contributed by atoms with Gasteiger partial charge in [-0.05, 0) is 24.6 Å². The molecule has 0 saturated heterocycles. The van der Waals surface area contributed by atoms with Crippen LogP contribution in [-0.4, -0.2) is 17.3 Å². The zero-order valence-corrected chi connectivity index (χ0v) is 7.88. The number of carboxylic acids is 1. The highest BCUT2D eigenvalue weighted by Crippen LogP contribution is 2.34. The molecule has 0 radical (unpaired) electrons. The van der Waals surface area contributed by atoms with Gasteiger partial charge in [0, 0.05) is 0 Å². The Hall–Kier alpha value is -1.52. The highest BCUT2D eigenvalue weighted by Gasteiger charge is 2.36. The number of aromatic carboxylic acids is 1. The lowest BCUT2D eigenvalue weighted by Gasteiger charge is -2.15. The number of hydrogen-bond acceptors (Lipinski definition) is 1. The molecular weight excluding hydrogens is 209 g/mol. The van der Waals surface area contributed by atoms with Crippen LogP contribution < -0.4 is 0 Å². The third-order valence-corrected chi connectivity index (χ3v) is 2.15. The minimum atomic E-state index is -4.30. The molecule has 5 heteroatoms. The minimum Gasteiger partial charge on any atom is -0.478 e. The summed E-state index contributed by atoms with van der Waals surface area (Å²) in [5.41, 5.74) is 0.0422. The summed E-state index contributed by atoms with van der Waals surface area (Å²) in [6, 6.07) is 4.70. The smallest absolute Gasteiger partial charge is 0.395 e. The van der Waals surface area contributed by atoms with Crippen molar-refractivity contribution in [2.24, 2.45) is 0 Å². The van der Waals surface area contributed by atoms with E-state index in [-0.39, 0.29) is 11.1 Å². The van der Waals surface area contributed by atoms with Gasteiger partial charge in [0.1, 0.15) is 0 Å². The van der Waals surface area contributed by atoms with E-state index in [1.165, 1.54) is 24.3 Å². The molecule has 0 aliphatic heterocycles. The van der Waals surface area contributed by atoms with E-state index in [0.717, 1.165) is 6.92 Å². The van der Waals surface area contributed by atoms with Crippen molar-refractivity contribution >= 4 is 5.97 Å². The van der Waals surface area contributed by atoms with Crippen LogP contribution in [0.4, 0.5) is 13.2 Å². The average molecular weight is 218 g/mol. The van der Waals surface area contributed by atoms with Crippen LogP contribution in [0.1, 0.15) is 28.8 Å². The standard InChI is InChI=1S/C10H9F3O2/c1-6(10(11,12)13)7-2-4-8(5-3-7)9(14)15/h2-6H,1H3,(H,14,15)/t6-/m0/s1. The molecule has 0 unspecified atom stereocenters. The Morgan fingerprint density at radius 3 is 2.07 bits per heavy atom. The van der Waals surface area contributed by atoms with Crippen LogP contribution in [0.3, 0.4) is 0 Å². The summed E-state index contributed by atoms with van der Waals surface area (Å²) in [6.07, 6.45) is -4.30. The number of hydrogen-bond donors (Lipinski definition) is 1. The zero-order chi connectivity index (χ0) is 11.6. The largest absolute Gasteiger partial charge is 0.478 e. The fraction of sp³-hybridized carbons (Fsp3) is 0.300. The Balaban J connectivity index is 2.94. The molecule has 1 aromatic carbocycles. The molecule has 1 aromatic rings. The Labute approximate surface area is 84.3 Å². The molecule has 0 spiro atoms. The lowest BCUT2D eigenvalue weighted by atomic mass is 9.99. The number of carboxylic acid groups (broad SMARTS) is 1. The molecule has 0 bridgehead atoms. The predicted octanol–water partition coefficient (Wildman–Crippen LogP) is 3.05. The SMILES string of the molecule is C[C@@H](c1ccc(C(=O)O)cc1)C(F)(F)F. The molecule has 0 heterocycles. The summed E-state index contributed by atoms with van der Waals surface area (Å²) in [4.78, 5) is 10.5. The van der Waals surface area contributed by atoms with Crippen LogP contribution >= 0.6 is 0 Å². The second-order valence-electron chi connectivity index (χ2n) is 3.19. The van der Waals surface area contributed by atoms with Crippen molar-refractivity contribution in [3.63, 3.8) is 0 Å². The van der Waals surface area contributed by atoms with E-state index in [1.54, 1.807) is 0 Å². The zero-order valence-electron chi connectivity index (χ0n) is 7.88. The second-order valence-corrected chi connectivity index (χ2v) is 3.19. The first-order chi connectivity index (χ1) is 6.82. The van der Waals surface area contributed by atoms with Gasteiger partial charge in [-0.2, -0.15) is 13.2 Å². The highest BCUT2D eigenvalue weighted by molar-refractivity contribution is 5.87. The van der Waals surface area contributed by atoms with Crippen molar-refractivity contribution in [1.29, 1.82) is 0 Å². The van der Waals surface area contributed by atoms with Crippen molar-refractivity contribution < 1.29 is 23.1 Å². The molecule has 0 fully saturated rings. The highest BCUT2D eigenvalue weighted by atomic mass is 19.4. The first kappa shape index (κ1) is 11.6. The van der Waals surface area contributed by atoms with Gasteiger partial charge in [-0.3, -0.25) is 0 Å². The number of alkyl halides is 3. The van der Waals surface area contributed by atoms with Gasteiger partial charge < -0.3 is 5.11 Å². The molecular formula is C10H9F3O2. The van der Waals surface area contributed by atoms with Gasteiger partial charge >= 0.3 is 12.1 Å². The van der Waals surface area contributed by atoms with Crippen molar-refractivity contribution in [1.82, 2.24) is 0 Å². The molecule has 0 aliphatic rings. The normalized spacial score (nSPS) is 13.6. The van der Waals surface area contributed by atoms with Gasteiger partial charge in [0.05, 0.1) is 11.5 Å². The van der Waals surface area contributed by atoms with Gasteiger partial charge in [-0.1, -0.05) is 12.1 Å². The van der Waals surface area contributed by atoms with Crippen LogP contribution in [0.25, 0.3) is 0 Å². The van der Waals surface area contributed by atoms with Crippen LogP contribution in [0.2, 0.25) is 0 Å². The molecule has 0 amide bonds. The topological polar surface area (TPSA) is 37.3 Å². The summed E-state index contributed by atoms with van der Waals surface area (Å²) >= 11 is 0. The summed E-state index contributed by atoms with van der Waals surface area (Å²) in [6.45, 7) is 1.04. The van der Waals surface area contributed by atoms with Crippen molar-refractivity contribution in [2.45, 2.75) is 19.0 Å². The summed E-state index contributed by atoms with van der Waals surface area (Å²) in [5.74, 6) is -2.73. The molecule has 0 aromatic heterocycles. The van der Waals surface area contributed by atoms with E-state index in [1.807, 2.05) is 0 Å². The van der Waals surface area contributed by atoms with Crippen LogP contribution in [0.5, 0.6) is 0 Å². The number of benzene rings is 1. The maximum atomic E-state index is 12.3. The lowest BCUT2D eigenvalue weighted by Crippen LogP contribution is -2.17. The molecule has 1 rings (SSSR count). The first-order valence-corrected chi connectivity index (χ1v) is 4.22. The quantitative estimate of drug-likeness (QED) is 0.828. The van der Waals surface area contributed by atoms with Crippen LogP contribution in [0.15, 0.2) is 24.3 Å². The van der Waals surface area contributed by atoms with E-state index < -0.39 is 18.1 Å². The van der Waals surface area contributed by atoms with Crippen molar-refractivity contribution in [2.75, 3.05) is 0 Å². The summed E-state index contributed by atoms with van der Waals surface area (Å²) < 4.78 is 36.8. The molecule has 1 N–H and O–H groups in total. The van der Waals surface area contributed by atoms with Gasteiger partial charge in [0.15, 0.2) is 0 Å². The Morgan fingerprint density at radius 1 is 1.27 bits per heavy atom. The molecule has 82 valence electrons. The van der Waals surface area contributed by atoms with Crippen molar-refractivity contribution in [3.05, 3.63) is 35.4 Å². The van der Waals surface area contributed by atoms with E-state index >= 15 is 0 Å². The fourth-order valence-electron chi connectivity index (χ4n) is 1.10. The van der Waals surface area contributed by atoms with Crippen LogP contribution in [0, 0.1) is 0 Å². The fourth-order valence-corrected chi connectivity index (χ4v) is 1.10. The Morgan fingerprint density at radius 2 is 1.73 bits per heavy atom. The molecule has 0 aliphatic carbocycles. The number of rotatable bonds is 2. The van der Waals surface area contributed by atoms with Gasteiger partial charge in [0.2, 0.25) is 0 Å². The maximum absolute atomic E-state index is 12.3. The van der Waals surface area contributed by atoms with Crippen molar-refractivity contribution in [3.8, 4) is 0 Å². The van der Waals surface area contributed by atoms with Crippen LogP contribution in [-0.2, 0) is 0 Å². The third-order valence-electron chi connectivity index (χ3n) is 2.15.